The van der Waals surface area contributed by atoms with Crippen LogP contribution in [0.4, 0.5) is 0 Å². The zero-order valence-electron chi connectivity index (χ0n) is 12.7. The monoisotopic (exact) mass is 376 g/mol. The van der Waals surface area contributed by atoms with E-state index < -0.39 is 0 Å². The third kappa shape index (κ3) is 3.01. The third-order valence-electron chi connectivity index (χ3n) is 3.61. The SMILES string of the molecule is Brc1cccc(Oc2nc(-c3ccccc3)nc3ccccc23)c1. The Balaban J connectivity index is 1.86. The highest BCUT2D eigenvalue weighted by Crippen LogP contribution is 2.30. The molecule has 0 spiro atoms. The molecule has 0 aliphatic carbocycles. The van der Waals surface area contributed by atoms with Gasteiger partial charge in [0, 0.05) is 10.0 Å². The molecule has 3 aromatic carbocycles. The highest BCUT2D eigenvalue weighted by molar-refractivity contribution is 9.10. The Hall–Kier alpha value is -2.72. The number of benzene rings is 3. The molecule has 0 aliphatic heterocycles. The van der Waals surface area contributed by atoms with E-state index in [4.69, 9.17) is 4.74 Å². The van der Waals surface area contributed by atoms with E-state index in [1.807, 2.05) is 78.9 Å². The quantitative estimate of drug-likeness (QED) is 0.449. The molecule has 24 heavy (non-hydrogen) atoms. The molecule has 0 bridgehead atoms. The summed E-state index contributed by atoms with van der Waals surface area (Å²) in [7, 11) is 0. The molecule has 0 N–H and O–H groups in total. The minimum atomic E-state index is 0.553. The first-order valence-electron chi connectivity index (χ1n) is 7.55. The summed E-state index contributed by atoms with van der Waals surface area (Å²) >= 11 is 3.46. The summed E-state index contributed by atoms with van der Waals surface area (Å²) in [6, 6.07) is 25.5. The van der Waals surface area contributed by atoms with Crippen molar-refractivity contribution in [2.45, 2.75) is 0 Å². The number of aromatic nitrogens is 2. The lowest BCUT2D eigenvalue weighted by atomic mass is 10.2. The van der Waals surface area contributed by atoms with Crippen LogP contribution < -0.4 is 4.74 Å². The lowest BCUT2D eigenvalue weighted by molar-refractivity contribution is 0.468. The fourth-order valence-corrected chi connectivity index (χ4v) is 2.86. The van der Waals surface area contributed by atoms with Gasteiger partial charge in [-0.25, -0.2) is 4.98 Å². The first-order valence-corrected chi connectivity index (χ1v) is 8.34. The number of fused-ring (bicyclic) bond motifs is 1. The van der Waals surface area contributed by atoms with E-state index in [1.54, 1.807) is 0 Å². The second-order valence-corrected chi connectivity index (χ2v) is 6.21. The van der Waals surface area contributed by atoms with E-state index in [1.165, 1.54) is 0 Å². The van der Waals surface area contributed by atoms with Crippen LogP contribution in [0.5, 0.6) is 11.6 Å². The number of halogens is 1. The zero-order chi connectivity index (χ0) is 16.4. The van der Waals surface area contributed by atoms with Gasteiger partial charge < -0.3 is 4.74 Å². The molecule has 0 aliphatic rings. The highest BCUT2D eigenvalue weighted by Gasteiger charge is 2.11. The van der Waals surface area contributed by atoms with E-state index in [0.717, 1.165) is 26.7 Å². The Labute approximate surface area is 148 Å². The van der Waals surface area contributed by atoms with Gasteiger partial charge in [0.25, 0.3) is 0 Å². The summed E-state index contributed by atoms with van der Waals surface area (Å²) in [5.74, 6) is 1.93. The first-order chi connectivity index (χ1) is 11.8. The summed E-state index contributed by atoms with van der Waals surface area (Å²) in [4.78, 5) is 9.31. The standard InChI is InChI=1S/C20H13BrN2O/c21-15-9-6-10-16(13-15)24-20-17-11-4-5-12-18(17)22-19(23-20)14-7-2-1-3-8-14/h1-13H. The maximum Gasteiger partial charge on any atom is 0.230 e. The van der Waals surface area contributed by atoms with Crippen LogP contribution in [-0.4, -0.2) is 9.97 Å². The molecule has 1 aromatic heterocycles. The minimum Gasteiger partial charge on any atom is -0.438 e. The van der Waals surface area contributed by atoms with E-state index in [2.05, 4.69) is 25.9 Å². The van der Waals surface area contributed by atoms with Gasteiger partial charge >= 0.3 is 0 Å². The van der Waals surface area contributed by atoms with Gasteiger partial charge in [-0.15, -0.1) is 0 Å². The first kappa shape index (κ1) is 14.8. The lowest BCUT2D eigenvalue weighted by Gasteiger charge is -2.10. The molecule has 1 heterocycles. The predicted octanol–water partition coefficient (Wildman–Crippen LogP) is 5.85. The van der Waals surface area contributed by atoms with Crippen LogP contribution in [0.2, 0.25) is 0 Å². The molecule has 0 radical (unpaired) electrons. The van der Waals surface area contributed by atoms with Gasteiger partial charge in [0.15, 0.2) is 5.82 Å². The largest absolute Gasteiger partial charge is 0.438 e. The van der Waals surface area contributed by atoms with Gasteiger partial charge in [0.05, 0.1) is 10.9 Å². The highest BCUT2D eigenvalue weighted by atomic mass is 79.9. The molecule has 0 atom stereocenters. The van der Waals surface area contributed by atoms with Gasteiger partial charge in [-0.3, -0.25) is 0 Å². The van der Waals surface area contributed by atoms with Crippen molar-refractivity contribution in [2.24, 2.45) is 0 Å². The summed E-state index contributed by atoms with van der Waals surface area (Å²) in [5, 5.41) is 0.886. The molecular formula is C20H13BrN2O. The third-order valence-corrected chi connectivity index (χ3v) is 4.10. The smallest absolute Gasteiger partial charge is 0.230 e. The van der Waals surface area contributed by atoms with Crippen LogP contribution in [0.3, 0.4) is 0 Å². The number of hydrogen-bond donors (Lipinski definition) is 0. The van der Waals surface area contributed by atoms with Crippen LogP contribution in [0.1, 0.15) is 0 Å². The van der Waals surface area contributed by atoms with Crippen molar-refractivity contribution in [3.8, 4) is 23.0 Å². The Morgan fingerprint density at radius 2 is 1.54 bits per heavy atom. The summed E-state index contributed by atoms with van der Waals surface area (Å²) < 4.78 is 7.01. The fraction of sp³-hybridized carbons (Fsp3) is 0. The molecule has 116 valence electrons. The van der Waals surface area contributed by atoms with Crippen molar-refractivity contribution >= 4 is 26.8 Å². The van der Waals surface area contributed by atoms with Gasteiger partial charge in [-0.2, -0.15) is 4.98 Å². The Morgan fingerprint density at radius 1 is 0.750 bits per heavy atom. The molecule has 4 heteroatoms. The molecule has 3 nitrogen and oxygen atoms in total. The maximum absolute atomic E-state index is 6.05. The predicted molar refractivity (Wildman–Crippen MR) is 99.2 cm³/mol. The molecule has 4 aromatic rings. The van der Waals surface area contributed by atoms with Crippen LogP contribution in [0.25, 0.3) is 22.3 Å². The van der Waals surface area contributed by atoms with Gasteiger partial charge in [-0.05, 0) is 30.3 Å². The Kier molecular flexibility index (Phi) is 3.97. The van der Waals surface area contributed by atoms with Crippen LogP contribution in [0.15, 0.2) is 83.3 Å². The van der Waals surface area contributed by atoms with Crippen molar-refractivity contribution in [1.82, 2.24) is 9.97 Å². The summed E-state index contributed by atoms with van der Waals surface area (Å²) in [6.07, 6.45) is 0. The summed E-state index contributed by atoms with van der Waals surface area (Å²) in [6.45, 7) is 0. The van der Waals surface area contributed by atoms with Gasteiger partial charge in [0.2, 0.25) is 5.88 Å². The van der Waals surface area contributed by atoms with Crippen molar-refractivity contribution in [3.05, 3.63) is 83.3 Å². The molecule has 0 unspecified atom stereocenters. The normalized spacial score (nSPS) is 10.7. The van der Waals surface area contributed by atoms with Crippen molar-refractivity contribution < 1.29 is 4.74 Å². The fourth-order valence-electron chi connectivity index (χ4n) is 2.48. The lowest BCUT2D eigenvalue weighted by Crippen LogP contribution is -1.96. The molecule has 0 fully saturated rings. The van der Waals surface area contributed by atoms with Crippen molar-refractivity contribution in [1.29, 1.82) is 0 Å². The maximum atomic E-state index is 6.05. The number of nitrogens with zero attached hydrogens (tertiary/aromatic N) is 2. The second kappa shape index (κ2) is 6.42. The molecule has 4 rings (SSSR count). The van der Waals surface area contributed by atoms with E-state index in [9.17, 15) is 0 Å². The number of hydrogen-bond acceptors (Lipinski definition) is 3. The minimum absolute atomic E-state index is 0.553. The number of ether oxygens (including phenoxy) is 1. The van der Waals surface area contributed by atoms with E-state index >= 15 is 0 Å². The van der Waals surface area contributed by atoms with Crippen LogP contribution in [-0.2, 0) is 0 Å². The van der Waals surface area contributed by atoms with E-state index in [0.29, 0.717) is 11.7 Å². The number of rotatable bonds is 3. The van der Waals surface area contributed by atoms with Crippen LogP contribution >= 0.6 is 15.9 Å². The van der Waals surface area contributed by atoms with Crippen LogP contribution in [0, 0.1) is 0 Å². The summed E-state index contributed by atoms with van der Waals surface area (Å²) in [5.41, 5.74) is 1.82. The Morgan fingerprint density at radius 3 is 2.38 bits per heavy atom. The van der Waals surface area contributed by atoms with Crippen molar-refractivity contribution in [2.75, 3.05) is 0 Å². The van der Waals surface area contributed by atoms with Gasteiger partial charge in [-0.1, -0.05) is 64.5 Å². The zero-order valence-corrected chi connectivity index (χ0v) is 14.3. The number of para-hydroxylation sites is 1. The molecule has 0 saturated heterocycles. The topological polar surface area (TPSA) is 35.0 Å². The molecule has 0 amide bonds. The van der Waals surface area contributed by atoms with Crippen molar-refractivity contribution in [3.63, 3.8) is 0 Å². The average molecular weight is 377 g/mol. The molecular weight excluding hydrogens is 364 g/mol. The second-order valence-electron chi connectivity index (χ2n) is 5.29. The Bertz CT molecular complexity index is 1000. The van der Waals surface area contributed by atoms with Gasteiger partial charge in [0.1, 0.15) is 5.75 Å². The average Bonchev–Trinajstić information content (AvgIpc) is 2.62. The van der Waals surface area contributed by atoms with E-state index in [-0.39, 0.29) is 0 Å². The molecule has 0 saturated carbocycles.